The maximum Gasteiger partial charge on any atom is 0.258 e. The standard InChI is InChI=1S/C16H17BrN2O2/c1-3-19(15-9-12(20)6-4-10(15)2)16(21)11-5-7-13(17)14(18)8-11/h4-9,20H,3,18H2,1-2H3. The van der Waals surface area contributed by atoms with E-state index in [2.05, 4.69) is 15.9 Å². The summed E-state index contributed by atoms with van der Waals surface area (Å²) >= 11 is 3.32. The molecule has 2 aromatic rings. The highest BCUT2D eigenvalue weighted by Crippen LogP contribution is 2.27. The van der Waals surface area contributed by atoms with Crippen LogP contribution in [0.2, 0.25) is 0 Å². The van der Waals surface area contributed by atoms with E-state index in [1.807, 2.05) is 13.8 Å². The van der Waals surface area contributed by atoms with Gasteiger partial charge in [-0.3, -0.25) is 4.79 Å². The van der Waals surface area contributed by atoms with Crippen LogP contribution in [0.15, 0.2) is 40.9 Å². The Hall–Kier alpha value is -2.01. The van der Waals surface area contributed by atoms with Crippen molar-refractivity contribution < 1.29 is 9.90 Å². The molecule has 0 aliphatic rings. The third-order valence-corrected chi connectivity index (χ3v) is 4.01. The Bertz CT molecular complexity index is 686. The van der Waals surface area contributed by atoms with Crippen molar-refractivity contribution in [3.8, 4) is 5.75 Å². The van der Waals surface area contributed by atoms with Crippen molar-refractivity contribution in [2.75, 3.05) is 17.2 Å². The number of benzene rings is 2. The molecule has 2 rings (SSSR count). The molecule has 0 aromatic heterocycles. The maximum atomic E-state index is 12.7. The van der Waals surface area contributed by atoms with Gasteiger partial charge in [0.15, 0.2) is 0 Å². The van der Waals surface area contributed by atoms with Crippen molar-refractivity contribution in [2.24, 2.45) is 0 Å². The highest BCUT2D eigenvalue weighted by molar-refractivity contribution is 9.10. The first-order valence-corrected chi connectivity index (χ1v) is 7.40. The molecule has 0 saturated heterocycles. The van der Waals surface area contributed by atoms with E-state index in [0.29, 0.717) is 23.5 Å². The fourth-order valence-corrected chi connectivity index (χ4v) is 2.39. The first kappa shape index (κ1) is 15.4. The summed E-state index contributed by atoms with van der Waals surface area (Å²) in [7, 11) is 0. The predicted molar refractivity (Wildman–Crippen MR) is 88.7 cm³/mol. The fourth-order valence-electron chi connectivity index (χ4n) is 2.14. The van der Waals surface area contributed by atoms with Gasteiger partial charge in [0.1, 0.15) is 5.75 Å². The quantitative estimate of drug-likeness (QED) is 0.830. The van der Waals surface area contributed by atoms with Crippen molar-refractivity contribution in [1.29, 1.82) is 0 Å². The smallest absolute Gasteiger partial charge is 0.258 e. The van der Waals surface area contributed by atoms with E-state index in [1.54, 1.807) is 41.3 Å². The number of carbonyl (C=O) groups excluding carboxylic acids is 1. The minimum absolute atomic E-state index is 0.136. The third-order valence-electron chi connectivity index (χ3n) is 3.29. The molecule has 0 radical (unpaired) electrons. The number of amides is 1. The molecule has 0 heterocycles. The molecule has 0 atom stereocenters. The number of halogens is 1. The van der Waals surface area contributed by atoms with E-state index < -0.39 is 0 Å². The van der Waals surface area contributed by atoms with Crippen molar-refractivity contribution >= 4 is 33.2 Å². The van der Waals surface area contributed by atoms with Crippen molar-refractivity contribution in [2.45, 2.75) is 13.8 Å². The molecule has 3 N–H and O–H groups in total. The molecular weight excluding hydrogens is 332 g/mol. The average Bonchev–Trinajstić information content (AvgIpc) is 2.46. The van der Waals surface area contributed by atoms with Gasteiger partial charge in [-0.1, -0.05) is 6.07 Å². The second kappa shape index (κ2) is 6.18. The molecular formula is C16H17BrN2O2. The number of nitrogen functional groups attached to an aromatic ring is 1. The lowest BCUT2D eigenvalue weighted by molar-refractivity contribution is 0.0988. The van der Waals surface area contributed by atoms with Crippen LogP contribution >= 0.6 is 15.9 Å². The SMILES string of the molecule is CCN(C(=O)c1ccc(Br)c(N)c1)c1cc(O)ccc1C. The minimum Gasteiger partial charge on any atom is -0.508 e. The van der Waals surface area contributed by atoms with Crippen LogP contribution in [0.1, 0.15) is 22.8 Å². The molecule has 4 nitrogen and oxygen atoms in total. The lowest BCUT2D eigenvalue weighted by Gasteiger charge is -2.23. The van der Waals surface area contributed by atoms with E-state index in [9.17, 15) is 9.90 Å². The Morgan fingerprint density at radius 1 is 1.29 bits per heavy atom. The van der Waals surface area contributed by atoms with Crippen LogP contribution in [-0.2, 0) is 0 Å². The summed E-state index contributed by atoms with van der Waals surface area (Å²) in [6.07, 6.45) is 0. The average molecular weight is 349 g/mol. The van der Waals surface area contributed by atoms with Gasteiger partial charge in [-0.25, -0.2) is 0 Å². The Morgan fingerprint density at radius 2 is 2.00 bits per heavy atom. The van der Waals surface area contributed by atoms with Crippen molar-refractivity contribution in [3.05, 3.63) is 52.0 Å². The van der Waals surface area contributed by atoms with Crippen molar-refractivity contribution in [1.82, 2.24) is 0 Å². The summed E-state index contributed by atoms with van der Waals surface area (Å²) < 4.78 is 0.760. The molecule has 1 amide bonds. The third kappa shape index (κ3) is 3.19. The van der Waals surface area contributed by atoms with Gasteiger partial charge >= 0.3 is 0 Å². The first-order chi connectivity index (χ1) is 9.93. The summed E-state index contributed by atoms with van der Waals surface area (Å²) in [6.45, 7) is 4.29. The zero-order chi connectivity index (χ0) is 15.6. The topological polar surface area (TPSA) is 66.6 Å². The molecule has 0 fully saturated rings. The van der Waals surface area contributed by atoms with E-state index in [1.165, 1.54) is 0 Å². The number of anilines is 2. The Kier molecular flexibility index (Phi) is 4.53. The van der Waals surface area contributed by atoms with Crippen LogP contribution in [0.5, 0.6) is 5.75 Å². The predicted octanol–water partition coefficient (Wildman–Crippen LogP) is 3.71. The number of hydrogen-bond donors (Lipinski definition) is 2. The van der Waals surface area contributed by atoms with Crippen LogP contribution in [0, 0.1) is 6.92 Å². The lowest BCUT2D eigenvalue weighted by Crippen LogP contribution is -2.31. The number of phenols is 1. The van der Waals surface area contributed by atoms with Crippen LogP contribution < -0.4 is 10.6 Å². The number of aryl methyl sites for hydroxylation is 1. The van der Waals surface area contributed by atoms with Gasteiger partial charge in [-0.15, -0.1) is 0 Å². The lowest BCUT2D eigenvalue weighted by atomic mass is 10.1. The largest absolute Gasteiger partial charge is 0.508 e. The molecule has 21 heavy (non-hydrogen) atoms. The monoisotopic (exact) mass is 348 g/mol. The van der Waals surface area contributed by atoms with Gasteiger partial charge in [0.2, 0.25) is 0 Å². The number of nitrogens with zero attached hydrogens (tertiary/aromatic N) is 1. The van der Waals surface area contributed by atoms with Crippen LogP contribution in [0.3, 0.4) is 0 Å². The molecule has 5 heteroatoms. The minimum atomic E-state index is -0.148. The van der Waals surface area contributed by atoms with Crippen LogP contribution in [0.25, 0.3) is 0 Å². The first-order valence-electron chi connectivity index (χ1n) is 6.60. The summed E-state index contributed by atoms with van der Waals surface area (Å²) in [5.74, 6) is -0.0115. The number of carbonyl (C=O) groups is 1. The highest BCUT2D eigenvalue weighted by atomic mass is 79.9. The zero-order valence-electron chi connectivity index (χ0n) is 11.9. The molecule has 0 spiro atoms. The normalized spacial score (nSPS) is 10.4. The second-order valence-corrected chi connectivity index (χ2v) is 5.61. The highest BCUT2D eigenvalue weighted by Gasteiger charge is 2.18. The van der Waals surface area contributed by atoms with Gasteiger partial charge in [0.25, 0.3) is 5.91 Å². The van der Waals surface area contributed by atoms with E-state index >= 15 is 0 Å². The number of rotatable bonds is 3. The van der Waals surface area contributed by atoms with Gasteiger partial charge in [0.05, 0.1) is 5.69 Å². The van der Waals surface area contributed by atoms with Crippen molar-refractivity contribution in [3.63, 3.8) is 0 Å². The van der Waals surface area contributed by atoms with Gasteiger partial charge in [0, 0.05) is 28.3 Å². The van der Waals surface area contributed by atoms with Gasteiger partial charge in [-0.2, -0.15) is 0 Å². The van der Waals surface area contributed by atoms with Crippen LogP contribution in [0.4, 0.5) is 11.4 Å². The number of aromatic hydroxyl groups is 1. The molecule has 0 aliphatic heterocycles. The molecule has 0 bridgehead atoms. The number of hydrogen-bond acceptors (Lipinski definition) is 3. The summed E-state index contributed by atoms with van der Waals surface area (Å²) in [5, 5.41) is 9.65. The van der Waals surface area contributed by atoms with Gasteiger partial charge in [-0.05, 0) is 59.6 Å². The van der Waals surface area contributed by atoms with E-state index in [4.69, 9.17) is 5.73 Å². The molecule has 2 aromatic carbocycles. The molecule has 0 saturated carbocycles. The second-order valence-electron chi connectivity index (χ2n) is 4.76. The zero-order valence-corrected chi connectivity index (χ0v) is 13.5. The number of phenolic OH excluding ortho intramolecular Hbond substituents is 1. The summed E-state index contributed by atoms with van der Waals surface area (Å²) in [4.78, 5) is 14.3. The van der Waals surface area contributed by atoms with E-state index in [-0.39, 0.29) is 11.7 Å². The number of nitrogens with two attached hydrogens (primary N) is 1. The Morgan fingerprint density at radius 3 is 2.62 bits per heavy atom. The summed E-state index contributed by atoms with van der Waals surface area (Å²) in [6, 6.07) is 10.1. The fraction of sp³-hybridized carbons (Fsp3) is 0.188. The maximum absolute atomic E-state index is 12.7. The molecule has 0 unspecified atom stereocenters. The Balaban J connectivity index is 2.43. The molecule has 110 valence electrons. The van der Waals surface area contributed by atoms with Crippen LogP contribution in [-0.4, -0.2) is 17.6 Å². The summed E-state index contributed by atoms with van der Waals surface area (Å²) in [5.41, 5.74) is 8.49. The Labute approximate surface area is 132 Å². The molecule has 0 aliphatic carbocycles. The van der Waals surface area contributed by atoms with Gasteiger partial charge < -0.3 is 15.7 Å². The van der Waals surface area contributed by atoms with E-state index in [0.717, 1.165) is 10.0 Å².